The second-order valence-corrected chi connectivity index (χ2v) is 7.53. The Bertz CT molecular complexity index is 1260. The molecule has 0 fully saturated rings. The minimum atomic E-state index is -0.936. The summed E-state index contributed by atoms with van der Waals surface area (Å²) in [6.45, 7) is 0.278. The number of nitrogens with one attached hydrogen (secondary N) is 3. The van der Waals surface area contributed by atoms with Gasteiger partial charge >= 0.3 is 5.97 Å². The molecule has 7 nitrogen and oxygen atoms in total. The van der Waals surface area contributed by atoms with E-state index in [1.54, 1.807) is 30.3 Å². The van der Waals surface area contributed by atoms with Crippen LogP contribution in [0.4, 0.5) is 11.4 Å². The van der Waals surface area contributed by atoms with E-state index in [4.69, 9.17) is 5.73 Å². The largest absolute Gasteiger partial charge is 0.480 e. The van der Waals surface area contributed by atoms with E-state index in [1.807, 2.05) is 48.7 Å². The van der Waals surface area contributed by atoms with E-state index >= 15 is 0 Å². The van der Waals surface area contributed by atoms with Crippen molar-refractivity contribution < 1.29 is 14.7 Å². The Morgan fingerprint density at radius 3 is 2.47 bits per heavy atom. The maximum absolute atomic E-state index is 12.7. The first-order chi connectivity index (χ1) is 15.5. The number of nitrogen functional groups attached to an aromatic ring is 1. The van der Waals surface area contributed by atoms with E-state index in [2.05, 4.69) is 15.6 Å². The van der Waals surface area contributed by atoms with E-state index < -0.39 is 12.0 Å². The summed E-state index contributed by atoms with van der Waals surface area (Å²) in [6, 6.07) is 21.1. The highest BCUT2D eigenvalue weighted by Crippen LogP contribution is 2.21. The Morgan fingerprint density at radius 2 is 1.66 bits per heavy atom. The molecule has 32 heavy (non-hydrogen) atoms. The molecular weight excluding hydrogens is 404 g/mol. The molecular formula is C25H24N4O3. The first kappa shape index (κ1) is 21.1. The average Bonchev–Trinajstić information content (AvgIpc) is 3.20. The van der Waals surface area contributed by atoms with Crippen LogP contribution in [-0.4, -0.2) is 28.0 Å². The molecule has 0 spiro atoms. The fourth-order valence-corrected chi connectivity index (χ4v) is 3.69. The second-order valence-electron chi connectivity index (χ2n) is 7.53. The molecule has 1 heterocycles. The van der Waals surface area contributed by atoms with E-state index in [9.17, 15) is 14.7 Å². The van der Waals surface area contributed by atoms with Gasteiger partial charge in [-0.05, 0) is 35.4 Å². The molecule has 1 aromatic heterocycles. The fourth-order valence-electron chi connectivity index (χ4n) is 3.69. The minimum absolute atomic E-state index is 0.278. The molecule has 0 aliphatic heterocycles. The van der Waals surface area contributed by atoms with Crippen molar-refractivity contribution in [3.63, 3.8) is 0 Å². The van der Waals surface area contributed by atoms with Crippen LogP contribution in [0.25, 0.3) is 10.9 Å². The third-order valence-electron chi connectivity index (χ3n) is 5.41. The van der Waals surface area contributed by atoms with Crippen molar-refractivity contribution in [1.29, 1.82) is 0 Å². The number of aliphatic carboxylic acids is 1. The number of aromatic nitrogens is 1. The van der Waals surface area contributed by atoms with Crippen LogP contribution in [0, 0.1) is 0 Å². The van der Waals surface area contributed by atoms with Gasteiger partial charge in [0.15, 0.2) is 0 Å². The van der Waals surface area contributed by atoms with Crippen LogP contribution in [0.5, 0.6) is 0 Å². The SMILES string of the molecule is Nc1ccccc1C(=O)Nc1ccccc1CNC(Cc1c[nH]c2ccccc12)C(=O)O. The van der Waals surface area contributed by atoms with Gasteiger partial charge in [0.05, 0.1) is 5.56 Å². The molecule has 162 valence electrons. The number of benzene rings is 3. The number of carboxylic acid groups (broad SMARTS) is 1. The van der Waals surface area contributed by atoms with Gasteiger partial charge in [-0.2, -0.15) is 0 Å². The number of anilines is 2. The van der Waals surface area contributed by atoms with Crippen molar-refractivity contribution in [2.45, 2.75) is 19.0 Å². The molecule has 0 saturated heterocycles. The molecule has 7 heteroatoms. The monoisotopic (exact) mass is 428 g/mol. The number of fused-ring (bicyclic) bond motifs is 1. The van der Waals surface area contributed by atoms with Crippen LogP contribution in [-0.2, 0) is 17.8 Å². The van der Waals surface area contributed by atoms with Gasteiger partial charge in [0.2, 0.25) is 0 Å². The van der Waals surface area contributed by atoms with Gasteiger partial charge in [0.25, 0.3) is 5.91 Å². The first-order valence-corrected chi connectivity index (χ1v) is 10.3. The maximum Gasteiger partial charge on any atom is 0.321 e. The number of para-hydroxylation sites is 3. The topological polar surface area (TPSA) is 120 Å². The average molecular weight is 428 g/mol. The molecule has 1 atom stereocenters. The van der Waals surface area contributed by atoms with Crippen molar-refractivity contribution in [2.75, 3.05) is 11.1 Å². The summed E-state index contributed by atoms with van der Waals surface area (Å²) in [5.41, 5.74) is 9.97. The number of carboxylic acids is 1. The summed E-state index contributed by atoms with van der Waals surface area (Å²) in [7, 11) is 0. The highest BCUT2D eigenvalue weighted by Gasteiger charge is 2.20. The highest BCUT2D eigenvalue weighted by molar-refractivity contribution is 6.08. The molecule has 1 unspecified atom stereocenters. The van der Waals surface area contributed by atoms with Crippen molar-refractivity contribution in [3.05, 3.63) is 95.7 Å². The molecule has 4 rings (SSSR count). The molecule has 0 aliphatic rings. The quantitative estimate of drug-likeness (QED) is 0.274. The predicted molar refractivity (Wildman–Crippen MR) is 126 cm³/mol. The first-order valence-electron chi connectivity index (χ1n) is 10.3. The number of carbonyl (C=O) groups is 2. The van der Waals surface area contributed by atoms with Crippen LogP contribution in [0.3, 0.4) is 0 Å². The Hall–Kier alpha value is -4.10. The van der Waals surface area contributed by atoms with Gasteiger partial charge in [-0.15, -0.1) is 0 Å². The minimum Gasteiger partial charge on any atom is -0.480 e. The second kappa shape index (κ2) is 9.36. The molecule has 0 aliphatic carbocycles. The number of hydrogen-bond acceptors (Lipinski definition) is 4. The number of H-pyrrole nitrogens is 1. The lowest BCUT2D eigenvalue weighted by Crippen LogP contribution is -2.38. The third-order valence-corrected chi connectivity index (χ3v) is 5.41. The summed E-state index contributed by atoms with van der Waals surface area (Å²) in [4.78, 5) is 27.8. The third kappa shape index (κ3) is 4.63. The normalized spacial score (nSPS) is 11.9. The summed E-state index contributed by atoms with van der Waals surface area (Å²) >= 11 is 0. The van der Waals surface area contributed by atoms with E-state index in [1.165, 1.54) is 0 Å². The van der Waals surface area contributed by atoms with Crippen LogP contribution in [0.2, 0.25) is 0 Å². The van der Waals surface area contributed by atoms with Crippen molar-refractivity contribution >= 4 is 34.2 Å². The van der Waals surface area contributed by atoms with Crippen LogP contribution >= 0.6 is 0 Å². The number of nitrogens with two attached hydrogens (primary N) is 1. The van der Waals surface area contributed by atoms with Gasteiger partial charge in [0.1, 0.15) is 6.04 Å². The number of amides is 1. The van der Waals surface area contributed by atoms with Gasteiger partial charge < -0.3 is 21.1 Å². The van der Waals surface area contributed by atoms with E-state index in [0.29, 0.717) is 23.4 Å². The van der Waals surface area contributed by atoms with E-state index in [-0.39, 0.29) is 12.5 Å². The van der Waals surface area contributed by atoms with Gasteiger partial charge in [-0.25, -0.2) is 0 Å². The highest BCUT2D eigenvalue weighted by atomic mass is 16.4. The zero-order chi connectivity index (χ0) is 22.5. The number of aromatic amines is 1. The standard InChI is InChI=1S/C25H24N4O3/c26-20-10-4-2-9-19(20)24(30)29-21-11-5-1-7-16(21)14-28-23(25(31)32)13-17-15-27-22-12-6-3-8-18(17)22/h1-12,15,23,27-28H,13-14,26H2,(H,29,30)(H,31,32). The number of rotatable bonds is 8. The van der Waals surface area contributed by atoms with Gasteiger partial charge in [0, 0.05) is 41.4 Å². The smallest absolute Gasteiger partial charge is 0.321 e. The molecule has 4 aromatic rings. The molecule has 0 saturated carbocycles. The molecule has 1 amide bonds. The molecule has 3 aromatic carbocycles. The lowest BCUT2D eigenvalue weighted by atomic mass is 10.0. The van der Waals surface area contributed by atoms with Crippen LogP contribution in [0.15, 0.2) is 79.0 Å². The summed E-state index contributed by atoms with van der Waals surface area (Å²) in [5.74, 6) is -1.25. The fraction of sp³-hybridized carbons (Fsp3) is 0.120. The number of hydrogen-bond donors (Lipinski definition) is 5. The molecule has 6 N–H and O–H groups in total. The van der Waals surface area contributed by atoms with Gasteiger partial charge in [-0.3, -0.25) is 14.9 Å². The summed E-state index contributed by atoms with van der Waals surface area (Å²) in [6.07, 6.45) is 2.18. The van der Waals surface area contributed by atoms with Crippen molar-refractivity contribution in [1.82, 2.24) is 10.3 Å². The van der Waals surface area contributed by atoms with Crippen molar-refractivity contribution in [2.24, 2.45) is 0 Å². The zero-order valence-corrected chi connectivity index (χ0v) is 17.3. The van der Waals surface area contributed by atoms with E-state index in [0.717, 1.165) is 22.0 Å². The Labute approximate surface area is 185 Å². The van der Waals surface area contributed by atoms with Crippen molar-refractivity contribution in [3.8, 4) is 0 Å². The number of carbonyl (C=O) groups excluding carboxylic acids is 1. The lowest BCUT2D eigenvalue weighted by molar-refractivity contribution is -0.139. The molecule has 0 radical (unpaired) electrons. The van der Waals surface area contributed by atoms with Crippen LogP contribution < -0.4 is 16.4 Å². The summed E-state index contributed by atoms with van der Waals surface area (Å²) in [5, 5.41) is 16.8. The molecule has 0 bridgehead atoms. The summed E-state index contributed by atoms with van der Waals surface area (Å²) < 4.78 is 0. The lowest BCUT2D eigenvalue weighted by Gasteiger charge is -2.17. The Balaban J connectivity index is 1.48. The maximum atomic E-state index is 12.7. The Kier molecular flexibility index (Phi) is 6.19. The van der Waals surface area contributed by atoms with Gasteiger partial charge in [-0.1, -0.05) is 48.5 Å². The Morgan fingerprint density at radius 1 is 0.938 bits per heavy atom. The van der Waals surface area contributed by atoms with Crippen LogP contribution in [0.1, 0.15) is 21.5 Å². The predicted octanol–water partition coefficient (Wildman–Crippen LogP) is 3.79. The zero-order valence-electron chi connectivity index (χ0n) is 17.3.